The highest BCUT2D eigenvalue weighted by Gasteiger charge is 2.21. The van der Waals surface area contributed by atoms with Crippen LogP contribution in [0.2, 0.25) is 0 Å². The predicted octanol–water partition coefficient (Wildman–Crippen LogP) is 3.29. The third-order valence-electron chi connectivity index (χ3n) is 3.77. The van der Waals surface area contributed by atoms with Gasteiger partial charge in [-0.25, -0.2) is 4.39 Å². The molecule has 0 unspecified atom stereocenters. The first-order valence-corrected chi connectivity index (χ1v) is 7.99. The molecule has 1 aliphatic carbocycles. The minimum Gasteiger partial charge on any atom is -0.399 e. The summed E-state index contributed by atoms with van der Waals surface area (Å²) in [4.78, 5) is 14.7. The second-order valence-corrected chi connectivity index (χ2v) is 6.35. The van der Waals surface area contributed by atoms with Crippen molar-refractivity contribution in [2.75, 3.05) is 18.5 Å². The number of rotatable bonds is 4. The fraction of sp³-hybridized carbons (Fsp3) is 0.533. The number of nitrogen functional groups attached to an aromatic ring is 1. The molecule has 0 saturated heterocycles. The molecule has 1 fully saturated rings. The number of nitrogens with two attached hydrogens (primary N) is 1. The Balaban J connectivity index is 1.87. The van der Waals surface area contributed by atoms with E-state index in [0.717, 1.165) is 12.8 Å². The van der Waals surface area contributed by atoms with E-state index in [9.17, 15) is 9.18 Å². The summed E-state index contributed by atoms with van der Waals surface area (Å²) < 4.78 is 13.2. The minimum atomic E-state index is -0.361. The Hall–Kier alpha value is -1.23. The van der Waals surface area contributed by atoms with E-state index in [2.05, 4.69) is 0 Å². The molecule has 0 aromatic heterocycles. The molecule has 0 bridgehead atoms. The molecule has 1 aromatic rings. The van der Waals surface area contributed by atoms with Gasteiger partial charge in [0.15, 0.2) is 0 Å². The molecule has 2 rings (SSSR count). The van der Waals surface area contributed by atoms with Crippen LogP contribution < -0.4 is 5.73 Å². The van der Waals surface area contributed by atoms with Gasteiger partial charge in [0.05, 0.1) is 5.75 Å². The van der Waals surface area contributed by atoms with Gasteiger partial charge in [-0.15, -0.1) is 11.8 Å². The van der Waals surface area contributed by atoms with Gasteiger partial charge in [-0.2, -0.15) is 0 Å². The fourth-order valence-electron chi connectivity index (χ4n) is 2.59. The Kier molecular flexibility index (Phi) is 5.29. The summed E-state index contributed by atoms with van der Waals surface area (Å²) in [5, 5.41) is 0. The number of nitrogens with zero attached hydrogens (tertiary/aromatic N) is 1. The van der Waals surface area contributed by atoms with E-state index in [1.54, 1.807) is 6.07 Å². The fourth-order valence-corrected chi connectivity index (χ4v) is 3.50. The van der Waals surface area contributed by atoms with Crippen molar-refractivity contribution in [2.45, 2.75) is 43.0 Å². The number of carbonyl (C=O) groups is 1. The number of thioether (sulfide) groups is 1. The normalized spacial score (nSPS) is 16.1. The lowest BCUT2D eigenvalue weighted by Crippen LogP contribution is -2.39. The van der Waals surface area contributed by atoms with E-state index in [-0.39, 0.29) is 11.7 Å². The van der Waals surface area contributed by atoms with Gasteiger partial charge in [0.1, 0.15) is 5.82 Å². The van der Waals surface area contributed by atoms with Crippen molar-refractivity contribution in [3.8, 4) is 0 Å². The molecule has 5 heteroatoms. The Bertz CT molecular complexity index is 455. The van der Waals surface area contributed by atoms with Crippen molar-refractivity contribution in [1.29, 1.82) is 0 Å². The van der Waals surface area contributed by atoms with Crippen LogP contribution in [0.5, 0.6) is 0 Å². The molecule has 20 heavy (non-hydrogen) atoms. The van der Waals surface area contributed by atoms with Crippen LogP contribution in [0.1, 0.15) is 32.1 Å². The molecule has 0 spiro atoms. The summed E-state index contributed by atoms with van der Waals surface area (Å²) in [6.45, 7) is 0. The number of carbonyl (C=O) groups excluding carboxylic acids is 1. The maximum Gasteiger partial charge on any atom is 0.232 e. The quantitative estimate of drug-likeness (QED) is 0.685. The standard InChI is InChI=1S/C15H21FN2OS/c1-18(13-5-3-2-4-6-13)15(19)10-20-14-8-11(16)7-12(17)9-14/h7-9,13H,2-6,10,17H2,1H3. The second-order valence-electron chi connectivity index (χ2n) is 5.31. The SMILES string of the molecule is CN(C(=O)CSc1cc(N)cc(F)c1)C1CCCCC1. The summed E-state index contributed by atoms with van der Waals surface area (Å²) in [5.74, 6) is 0.0703. The molecule has 0 radical (unpaired) electrons. The van der Waals surface area contributed by atoms with Crippen molar-refractivity contribution in [2.24, 2.45) is 0 Å². The first-order chi connectivity index (χ1) is 9.56. The van der Waals surface area contributed by atoms with Gasteiger partial charge in [0.2, 0.25) is 5.91 Å². The highest BCUT2D eigenvalue weighted by Crippen LogP contribution is 2.25. The molecule has 0 aliphatic heterocycles. The van der Waals surface area contributed by atoms with Gasteiger partial charge < -0.3 is 10.6 Å². The van der Waals surface area contributed by atoms with Crippen LogP contribution in [-0.4, -0.2) is 29.6 Å². The monoisotopic (exact) mass is 296 g/mol. The van der Waals surface area contributed by atoms with Gasteiger partial charge in [-0.1, -0.05) is 19.3 Å². The molecule has 1 amide bonds. The lowest BCUT2D eigenvalue weighted by molar-refractivity contribution is -0.129. The smallest absolute Gasteiger partial charge is 0.232 e. The molecule has 1 aliphatic rings. The molecule has 2 N–H and O–H groups in total. The summed E-state index contributed by atoms with van der Waals surface area (Å²) in [7, 11) is 1.87. The van der Waals surface area contributed by atoms with Gasteiger partial charge in [0, 0.05) is 23.7 Å². The first-order valence-electron chi connectivity index (χ1n) is 7.01. The van der Waals surface area contributed by atoms with Crippen LogP contribution in [-0.2, 0) is 4.79 Å². The molecule has 1 saturated carbocycles. The number of hydrogen-bond acceptors (Lipinski definition) is 3. The Morgan fingerprint density at radius 1 is 1.35 bits per heavy atom. The molecule has 0 atom stereocenters. The van der Waals surface area contributed by atoms with Crippen LogP contribution >= 0.6 is 11.8 Å². The average Bonchev–Trinajstić information content (AvgIpc) is 2.44. The average molecular weight is 296 g/mol. The summed E-state index contributed by atoms with van der Waals surface area (Å²) in [6, 6.07) is 4.76. The van der Waals surface area contributed by atoms with E-state index in [0.29, 0.717) is 22.4 Å². The van der Waals surface area contributed by atoms with Crippen molar-refractivity contribution in [3.05, 3.63) is 24.0 Å². The second kappa shape index (κ2) is 6.97. The van der Waals surface area contributed by atoms with Crippen molar-refractivity contribution in [1.82, 2.24) is 4.90 Å². The highest BCUT2D eigenvalue weighted by atomic mass is 32.2. The van der Waals surface area contributed by atoms with Crippen LogP contribution in [0, 0.1) is 5.82 Å². The predicted molar refractivity (Wildman–Crippen MR) is 81.2 cm³/mol. The Morgan fingerprint density at radius 2 is 2.05 bits per heavy atom. The van der Waals surface area contributed by atoms with E-state index >= 15 is 0 Å². The first kappa shape index (κ1) is 15.2. The molecular formula is C15H21FN2OS. The Labute approximate surface area is 123 Å². The van der Waals surface area contributed by atoms with Gasteiger partial charge >= 0.3 is 0 Å². The Morgan fingerprint density at radius 3 is 2.70 bits per heavy atom. The minimum absolute atomic E-state index is 0.102. The molecule has 3 nitrogen and oxygen atoms in total. The number of anilines is 1. The third kappa shape index (κ3) is 4.13. The molecule has 110 valence electrons. The zero-order chi connectivity index (χ0) is 14.5. The van der Waals surface area contributed by atoms with Crippen molar-refractivity contribution >= 4 is 23.4 Å². The van der Waals surface area contributed by atoms with E-state index in [1.165, 1.54) is 43.2 Å². The lowest BCUT2D eigenvalue weighted by Gasteiger charge is -2.31. The largest absolute Gasteiger partial charge is 0.399 e. The zero-order valence-electron chi connectivity index (χ0n) is 11.8. The number of amides is 1. The van der Waals surface area contributed by atoms with Gasteiger partial charge in [0.25, 0.3) is 0 Å². The van der Waals surface area contributed by atoms with E-state index in [4.69, 9.17) is 5.73 Å². The van der Waals surface area contributed by atoms with Crippen LogP contribution in [0.25, 0.3) is 0 Å². The molecule has 0 heterocycles. The zero-order valence-corrected chi connectivity index (χ0v) is 12.6. The van der Waals surface area contributed by atoms with Crippen LogP contribution in [0.15, 0.2) is 23.1 Å². The number of halogens is 1. The van der Waals surface area contributed by atoms with Crippen LogP contribution in [0.4, 0.5) is 10.1 Å². The van der Waals surface area contributed by atoms with Crippen LogP contribution in [0.3, 0.4) is 0 Å². The van der Waals surface area contributed by atoms with E-state index in [1.807, 2.05) is 11.9 Å². The lowest BCUT2D eigenvalue weighted by atomic mass is 9.94. The summed E-state index contributed by atoms with van der Waals surface area (Å²) in [5.41, 5.74) is 5.98. The molecular weight excluding hydrogens is 275 g/mol. The van der Waals surface area contributed by atoms with Crippen molar-refractivity contribution < 1.29 is 9.18 Å². The van der Waals surface area contributed by atoms with Gasteiger partial charge in [-0.05, 0) is 31.0 Å². The summed E-state index contributed by atoms with van der Waals surface area (Å²) >= 11 is 1.34. The third-order valence-corrected chi connectivity index (χ3v) is 4.73. The topological polar surface area (TPSA) is 46.3 Å². The highest BCUT2D eigenvalue weighted by molar-refractivity contribution is 8.00. The number of hydrogen-bond donors (Lipinski definition) is 1. The number of benzene rings is 1. The van der Waals surface area contributed by atoms with E-state index < -0.39 is 0 Å². The summed E-state index contributed by atoms with van der Waals surface area (Å²) in [6.07, 6.45) is 5.88. The molecule has 1 aromatic carbocycles. The maximum atomic E-state index is 13.2. The maximum absolute atomic E-state index is 13.2. The van der Waals surface area contributed by atoms with Gasteiger partial charge in [-0.3, -0.25) is 4.79 Å². The van der Waals surface area contributed by atoms with Crippen molar-refractivity contribution in [3.63, 3.8) is 0 Å².